The molecule has 0 fully saturated rings. The number of thiazole rings is 1. The first-order valence-corrected chi connectivity index (χ1v) is 10.6. The van der Waals surface area contributed by atoms with Gasteiger partial charge in [-0.15, -0.1) is 0 Å². The zero-order chi connectivity index (χ0) is 20.5. The molecule has 0 radical (unpaired) electrons. The molecule has 0 atom stereocenters. The summed E-state index contributed by atoms with van der Waals surface area (Å²) >= 11 is 1.59. The molecule has 1 aromatic heterocycles. The van der Waals surface area contributed by atoms with Crippen LogP contribution in [0.25, 0.3) is 10.2 Å². The van der Waals surface area contributed by atoms with Crippen LogP contribution in [0.5, 0.6) is 0 Å². The van der Waals surface area contributed by atoms with Crippen LogP contribution >= 0.6 is 11.3 Å². The molecule has 0 unspecified atom stereocenters. The van der Waals surface area contributed by atoms with Gasteiger partial charge in [0.15, 0.2) is 5.13 Å². The van der Waals surface area contributed by atoms with Crippen LogP contribution in [0.1, 0.15) is 38.2 Å². The minimum atomic E-state index is -0.0219. The molecule has 0 aliphatic heterocycles. The van der Waals surface area contributed by atoms with E-state index in [0.29, 0.717) is 12.1 Å². The molecule has 3 aromatic carbocycles. The van der Waals surface area contributed by atoms with Gasteiger partial charge < -0.3 is 0 Å². The number of aromatic nitrogens is 1. The van der Waals surface area contributed by atoms with E-state index in [1.807, 2.05) is 60.4 Å². The van der Waals surface area contributed by atoms with Crippen molar-refractivity contribution in [1.29, 1.82) is 0 Å². The lowest BCUT2D eigenvalue weighted by Crippen LogP contribution is -2.30. The fourth-order valence-electron chi connectivity index (χ4n) is 3.39. The highest BCUT2D eigenvalue weighted by molar-refractivity contribution is 7.22. The third-order valence-corrected chi connectivity index (χ3v) is 6.56. The number of rotatable bonds is 4. The van der Waals surface area contributed by atoms with Crippen molar-refractivity contribution in [3.8, 4) is 0 Å². The highest BCUT2D eigenvalue weighted by Crippen LogP contribution is 2.34. The maximum atomic E-state index is 13.6. The molecule has 1 amide bonds. The molecule has 0 N–H and O–H groups in total. The van der Waals surface area contributed by atoms with Crippen LogP contribution in [-0.4, -0.2) is 10.9 Å². The van der Waals surface area contributed by atoms with E-state index in [1.54, 1.807) is 11.3 Å². The van der Waals surface area contributed by atoms with Gasteiger partial charge >= 0.3 is 0 Å². The Morgan fingerprint density at radius 3 is 2.24 bits per heavy atom. The Hall–Kier alpha value is -2.98. The van der Waals surface area contributed by atoms with Gasteiger partial charge in [0.25, 0.3) is 5.91 Å². The molecule has 4 aromatic rings. The molecule has 0 aliphatic carbocycles. The van der Waals surface area contributed by atoms with Crippen LogP contribution in [0.4, 0.5) is 5.13 Å². The number of amides is 1. The minimum Gasteiger partial charge on any atom is -0.279 e. The van der Waals surface area contributed by atoms with E-state index in [-0.39, 0.29) is 5.91 Å². The topological polar surface area (TPSA) is 33.2 Å². The van der Waals surface area contributed by atoms with E-state index in [9.17, 15) is 4.79 Å². The first kappa shape index (κ1) is 19.3. The SMILES string of the molecule is Cc1ccc(C(=O)N(Cc2ccccc2)c2nc3c(C)ccc(C)c3s2)cc1C. The quantitative estimate of drug-likeness (QED) is 0.398. The molecule has 0 bridgehead atoms. The van der Waals surface area contributed by atoms with Crippen molar-refractivity contribution in [2.45, 2.75) is 34.2 Å². The summed E-state index contributed by atoms with van der Waals surface area (Å²) in [6.45, 7) is 8.75. The summed E-state index contributed by atoms with van der Waals surface area (Å²) in [5.74, 6) is -0.0219. The Morgan fingerprint density at radius 1 is 0.862 bits per heavy atom. The van der Waals surface area contributed by atoms with Gasteiger partial charge in [0.2, 0.25) is 0 Å². The first-order valence-electron chi connectivity index (χ1n) is 9.74. The zero-order valence-corrected chi connectivity index (χ0v) is 18.0. The zero-order valence-electron chi connectivity index (χ0n) is 17.2. The Labute approximate surface area is 175 Å². The highest BCUT2D eigenvalue weighted by Gasteiger charge is 2.23. The fraction of sp³-hybridized carbons (Fsp3) is 0.200. The predicted molar refractivity (Wildman–Crippen MR) is 122 cm³/mol. The molecule has 146 valence electrons. The van der Waals surface area contributed by atoms with Gasteiger partial charge in [-0.3, -0.25) is 9.69 Å². The lowest BCUT2D eigenvalue weighted by molar-refractivity contribution is 0.0985. The van der Waals surface area contributed by atoms with Gasteiger partial charge in [-0.05, 0) is 67.6 Å². The summed E-state index contributed by atoms with van der Waals surface area (Å²) in [5.41, 5.74) is 7.37. The Balaban J connectivity index is 1.82. The molecular weight excluding hydrogens is 376 g/mol. The standard InChI is InChI=1S/C25H24N2OS/c1-16-12-13-21(14-19(16)4)24(28)27(15-20-8-6-5-7-9-20)25-26-22-17(2)10-11-18(3)23(22)29-25/h5-14H,15H2,1-4H3. The van der Waals surface area contributed by atoms with Crippen LogP contribution in [0.2, 0.25) is 0 Å². The minimum absolute atomic E-state index is 0.0219. The molecule has 0 saturated carbocycles. The molecule has 4 heteroatoms. The van der Waals surface area contributed by atoms with E-state index >= 15 is 0 Å². The number of anilines is 1. The Morgan fingerprint density at radius 2 is 1.55 bits per heavy atom. The summed E-state index contributed by atoms with van der Waals surface area (Å²) < 4.78 is 1.14. The smallest absolute Gasteiger partial charge is 0.260 e. The van der Waals surface area contributed by atoms with Gasteiger partial charge in [-0.2, -0.15) is 0 Å². The molecule has 3 nitrogen and oxygen atoms in total. The predicted octanol–water partition coefficient (Wildman–Crippen LogP) is 6.38. The van der Waals surface area contributed by atoms with E-state index in [1.165, 1.54) is 11.1 Å². The van der Waals surface area contributed by atoms with Gasteiger partial charge in [0.1, 0.15) is 0 Å². The van der Waals surface area contributed by atoms with Gasteiger partial charge in [-0.1, -0.05) is 59.9 Å². The monoisotopic (exact) mass is 400 g/mol. The van der Waals surface area contributed by atoms with Crippen LogP contribution < -0.4 is 4.90 Å². The summed E-state index contributed by atoms with van der Waals surface area (Å²) in [6.07, 6.45) is 0. The number of hydrogen-bond donors (Lipinski definition) is 0. The first-order chi connectivity index (χ1) is 13.9. The normalized spacial score (nSPS) is 11.0. The fourth-order valence-corrected chi connectivity index (χ4v) is 4.50. The average Bonchev–Trinajstić information content (AvgIpc) is 3.18. The highest BCUT2D eigenvalue weighted by atomic mass is 32.1. The molecule has 0 aliphatic rings. The maximum Gasteiger partial charge on any atom is 0.260 e. The number of aryl methyl sites for hydroxylation is 4. The summed E-state index contributed by atoms with van der Waals surface area (Å²) in [6, 6.07) is 20.2. The second-order valence-corrected chi connectivity index (χ2v) is 8.53. The van der Waals surface area contributed by atoms with E-state index in [4.69, 9.17) is 4.98 Å². The summed E-state index contributed by atoms with van der Waals surface area (Å²) in [4.78, 5) is 20.2. The molecule has 0 saturated heterocycles. The van der Waals surface area contributed by atoms with Crippen molar-refractivity contribution in [2.24, 2.45) is 0 Å². The third kappa shape index (κ3) is 3.81. The Bertz CT molecular complexity index is 1160. The van der Waals surface area contributed by atoms with E-state index < -0.39 is 0 Å². The lowest BCUT2D eigenvalue weighted by atomic mass is 10.1. The number of fused-ring (bicyclic) bond motifs is 1. The summed E-state index contributed by atoms with van der Waals surface area (Å²) in [5, 5.41) is 0.740. The van der Waals surface area contributed by atoms with Crippen LogP contribution in [0, 0.1) is 27.7 Å². The van der Waals surface area contributed by atoms with Crippen LogP contribution in [0.15, 0.2) is 60.7 Å². The molecule has 0 spiro atoms. The van der Waals surface area contributed by atoms with Crippen LogP contribution in [-0.2, 0) is 6.54 Å². The number of carbonyl (C=O) groups excluding carboxylic acids is 1. The van der Waals surface area contributed by atoms with E-state index in [0.717, 1.165) is 32.0 Å². The third-order valence-electron chi connectivity index (χ3n) is 5.34. The Kier molecular flexibility index (Phi) is 5.20. The van der Waals surface area contributed by atoms with Gasteiger partial charge in [-0.25, -0.2) is 4.98 Å². The lowest BCUT2D eigenvalue weighted by Gasteiger charge is -2.20. The summed E-state index contributed by atoms with van der Waals surface area (Å²) in [7, 11) is 0. The number of nitrogens with zero attached hydrogens (tertiary/aromatic N) is 2. The van der Waals surface area contributed by atoms with Gasteiger partial charge in [0.05, 0.1) is 16.8 Å². The van der Waals surface area contributed by atoms with Crippen molar-refractivity contribution in [2.75, 3.05) is 4.90 Å². The molecule has 4 rings (SSSR count). The van der Waals surface area contributed by atoms with Crippen molar-refractivity contribution in [3.63, 3.8) is 0 Å². The molecule has 29 heavy (non-hydrogen) atoms. The van der Waals surface area contributed by atoms with Crippen molar-refractivity contribution < 1.29 is 4.79 Å². The van der Waals surface area contributed by atoms with Gasteiger partial charge in [0, 0.05) is 5.56 Å². The number of carbonyl (C=O) groups is 1. The molecule has 1 heterocycles. The van der Waals surface area contributed by atoms with Crippen molar-refractivity contribution in [3.05, 3.63) is 94.0 Å². The second-order valence-electron chi connectivity index (χ2n) is 7.55. The number of benzene rings is 3. The average molecular weight is 401 g/mol. The van der Waals surface area contributed by atoms with Crippen LogP contribution in [0.3, 0.4) is 0 Å². The maximum absolute atomic E-state index is 13.6. The number of hydrogen-bond acceptors (Lipinski definition) is 3. The molecular formula is C25H24N2OS. The van der Waals surface area contributed by atoms with E-state index in [2.05, 4.69) is 32.9 Å². The largest absolute Gasteiger partial charge is 0.279 e. The van der Waals surface area contributed by atoms with Crippen molar-refractivity contribution in [1.82, 2.24) is 4.98 Å². The second kappa shape index (κ2) is 7.80. The van der Waals surface area contributed by atoms with Crippen molar-refractivity contribution >= 4 is 32.6 Å².